The van der Waals surface area contributed by atoms with Crippen molar-refractivity contribution in [1.82, 2.24) is 0 Å². The van der Waals surface area contributed by atoms with Gasteiger partial charge in [0.2, 0.25) is 0 Å². The standard InChI is InChI=1S/C48H92O6/c1-5-8-10-12-14-16-18-19-20-21-22-23-25-27-33-37-41-48(51)54-45(42-52-46(49)39-35-31-26-24-17-15-13-11-9-6-2)43-53-47(50)40-36-32-29-28-30-34-38-44(4)7-3/h44-45H,5-43H2,1-4H3/t44?,45-/m1/s1. The van der Waals surface area contributed by atoms with Crippen LogP contribution in [0.4, 0.5) is 0 Å². The van der Waals surface area contributed by atoms with Crippen molar-refractivity contribution in [2.24, 2.45) is 5.92 Å². The van der Waals surface area contributed by atoms with Gasteiger partial charge in [-0.1, -0.05) is 227 Å². The van der Waals surface area contributed by atoms with Crippen LogP contribution >= 0.6 is 0 Å². The molecule has 320 valence electrons. The summed E-state index contributed by atoms with van der Waals surface area (Å²) in [5.41, 5.74) is 0. The Morgan fingerprint density at radius 2 is 0.648 bits per heavy atom. The molecule has 0 fully saturated rings. The normalized spacial score (nSPS) is 12.4. The quantitative estimate of drug-likeness (QED) is 0.0349. The number of hydrogen-bond acceptors (Lipinski definition) is 6. The number of rotatable bonds is 43. The summed E-state index contributed by atoms with van der Waals surface area (Å²) in [6, 6.07) is 0. The van der Waals surface area contributed by atoms with Crippen molar-refractivity contribution in [2.45, 2.75) is 271 Å². The van der Waals surface area contributed by atoms with Crippen molar-refractivity contribution in [1.29, 1.82) is 0 Å². The lowest BCUT2D eigenvalue weighted by Crippen LogP contribution is -2.30. The number of hydrogen-bond donors (Lipinski definition) is 0. The summed E-state index contributed by atoms with van der Waals surface area (Å²) in [5.74, 6) is -0.0404. The Hall–Kier alpha value is -1.59. The zero-order chi connectivity index (χ0) is 39.6. The first-order valence-corrected chi connectivity index (χ1v) is 23.9. The third-order valence-corrected chi connectivity index (χ3v) is 11.2. The zero-order valence-corrected chi connectivity index (χ0v) is 36.7. The molecule has 0 N–H and O–H groups in total. The molecule has 2 atom stereocenters. The van der Waals surface area contributed by atoms with E-state index < -0.39 is 6.10 Å². The average Bonchev–Trinajstić information content (AvgIpc) is 3.17. The van der Waals surface area contributed by atoms with Gasteiger partial charge in [0.1, 0.15) is 13.2 Å². The van der Waals surface area contributed by atoms with Crippen LogP contribution in [-0.4, -0.2) is 37.2 Å². The van der Waals surface area contributed by atoms with E-state index in [1.807, 2.05) is 0 Å². The van der Waals surface area contributed by atoms with Crippen LogP contribution in [0.5, 0.6) is 0 Å². The summed E-state index contributed by atoms with van der Waals surface area (Å²) < 4.78 is 16.7. The SMILES string of the molecule is CCCCCCCCCCCCCCCCCCC(=O)O[C@H](COC(=O)CCCCCCCCCCCC)COC(=O)CCCCCCCCC(C)CC. The van der Waals surface area contributed by atoms with E-state index in [4.69, 9.17) is 14.2 Å². The minimum Gasteiger partial charge on any atom is -0.462 e. The van der Waals surface area contributed by atoms with E-state index in [-0.39, 0.29) is 31.1 Å². The number of ether oxygens (including phenoxy) is 3. The fraction of sp³-hybridized carbons (Fsp3) is 0.938. The molecule has 0 aromatic carbocycles. The minimum atomic E-state index is -0.760. The predicted molar refractivity (Wildman–Crippen MR) is 229 cm³/mol. The second-order valence-corrected chi connectivity index (χ2v) is 16.6. The van der Waals surface area contributed by atoms with Crippen LogP contribution in [0.2, 0.25) is 0 Å². The van der Waals surface area contributed by atoms with Gasteiger partial charge in [-0.2, -0.15) is 0 Å². The van der Waals surface area contributed by atoms with Crippen molar-refractivity contribution in [3.05, 3.63) is 0 Å². The Morgan fingerprint density at radius 3 is 0.963 bits per heavy atom. The number of carbonyl (C=O) groups excluding carboxylic acids is 3. The van der Waals surface area contributed by atoms with Gasteiger partial charge < -0.3 is 14.2 Å². The van der Waals surface area contributed by atoms with Gasteiger partial charge in [-0.05, 0) is 25.2 Å². The van der Waals surface area contributed by atoms with E-state index in [2.05, 4.69) is 27.7 Å². The molecule has 1 unspecified atom stereocenters. The molecule has 6 heteroatoms. The topological polar surface area (TPSA) is 78.9 Å². The maximum Gasteiger partial charge on any atom is 0.306 e. The molecule has 0 aliphatic rings. The fourth-order valence-electron chi connectivity index (χ4n) is 7.12. The molecule has 0 bridgehead atoms. The van der Waals surface area contributed by atoms with Gasteiger partial charge in [0, 0.05) is 19.3 Å². The molecule has 0 spiro atoms. The van der Waals surface area contributed by atoms with E-state index in [1.54, 1.807) is 0 Å². The third-order valence-electron chi connectivity index (χ3n) is 11.2. The van der Waals surface area contributed by atoms with E-state index in [0.717, 1.165) is 63.7 Å². The van der Waals surface area contributed by atoms with Crippen LogP contribution in [0.3, 0.4) is 0 Å². The molecule has 0 aromatic rings. The fourth-order valence-corrected chi connectivity index (χ4v) is 7.12. The number of unbranched alkanes of at least 4 members (excludes halogenated alkanes) is 29. The zero-order valence-electron chi connectivity index (χ0n) is 36.7. The first-order valence-electron chi connectivity index (χ1n) is 23.9. The highest BCUT2D eigenvalue weighted by atomic mass is 16.6. The lowest BCUT2D eigenvalue weighted by atomic mass is 10.00. The van der Waals surface area contributed by atoms with Gasteiger partial charge in [0.15, 0.2) is 6.10 Å². The molecular weight excluding hydrogens is 673 g/mol. The molecule has 6 nitrogen and oxygen atoms in total. The lowest BCUT2D eigenvalue weighted by molar-refractivity contribution is -0.167. The Balaban J connectivity index is 4.30. The maximum absolute atomic E-state index is 12.7. The molecule has 54 heavy (non-hydrogen) atoms. The molecule has 0 amide bonds. The molecular formula is C48H92O6. The van der Waals surface area contributed by atoms with Crippen LogP contribution in [-0.2, 0) is 28.6 Å². The highest BCUT2D eigenvalue weighted by Gasteiger charge is 2.19. The van der Waals surface area contributed by atoms with E-state index in [0.29, 0.717) is 19.3 Å². The van der Waals surface area contributed by atoms with Gasteiger partial charge in [-0.25, -0.2) is 0 Å². The van der Waals surface area contributed by atoms with Gasteiger partial charge in [0.05, 0.1) is 0 Å². The Labute approximate surface area is 336 Å². The van der Waals surface area contributed by atoms with Crippen molar-refractivity contribution in [2.75, 3.05) is 13.2 Å². The van der Waals surface area contributed by atoms with Crippen LogP contribution in [0.25, 0.3) is 0 Å². The molecule has 0 saturated heterocycles. The number of esters is 3. The monoisotopic (exact) mass is 765 g/mol. The Morgan fingerprint density at radius 1 is 0.370 bits per heavy atom. The van der Waals surface area contributed by atoms with E-state index in [1.165, 1.54) is 161 Å². The molecule has 0 aromatic heterocycles. The molecule has 0 saturated carbocycles. The molecule has 0 rings (SSSR count). The highest BCUT2D eigenvalue weighted by molar-refractivity contribution is 5.71. The first-order chi connectivity index (χ1) is 26.4. The highest BCUT2D eigenvalue weighted by Crippen LogP contribution is 2.17. The minimum absolute atomic E-state index is 0.0643. The van der Waals surface area contributed by atoms with Gasteiger partial charge in [0.25, 0.3) is 0 Å². The summed E-state index contributed by atoms with van der Waals surface area (Å²) in [4.78, 5) is 37.7. The van der Waals surface area contributed by atoms with E-state index in [9.17, 15) is 14.4 Å². The Kier molecular flexibility index (Phi) is 41.3. The lowest BCUT2D eigenvalue weighted by Gasteiger charge is -2.18. The third kappa shape index (κ3) is 40.1. The average molecular weight is 765 g/mol. The van der Waals surface area contributed by atoms with Crippen molar-refractivity contribution < 1.29 is 28.6 Å². The maximum atomic E-state index is 12.7. The van der Waals surface area contributed by atoms with Crippen molar-refractivity contribution in [3.8, 4) is 0 Å². The summed E-state index contributed by atoms with van der Waals surface area (Å²) in [7, 11) is 0. The Bertz CT molecular complexity index is 813. The summed E-state index contributed by atoms with van der Waals surface area (Å²) in [6.45, 7) is 8.97. The smallest absolute Gasteiger partial charge is 0.306 e. The molecule has 0 aliphatic carbocycles. The predicted octanol–water partition coefficient (Wildman–Crippen LogP) is 15.1. The van der Waals surface area contributed by atoms with Gasteiger partial charge >= 0.3 is 17.9 Å². The second-order valence-electron chi connectivity index (χ2n) is 16.6. The van der Waals surface area contributed by atoms with Gasteiger partial charge in [-0.15, -0.1) is 0 Å². The summed E-state index contributed by atoms with van der Waals surface area (Å²) >= 11 is 0. The summed E-state index contributed by atoms with van der Waals surface area (Å²) in [6.07, 6.45) is 42.3. The van der Waals surface area contributed by atoms with Crippen molar-refractivity contribution in [3.63, 3.8) is 0 Å². The first kappa shape index (κ1) is 52.4. The van der Waals surface area contributed by atoms with Crippen LogP contribution in [0, 0.1) is 5.92 Å². The van der Waals surface area contributed by atoms with Gasteiger partial charge in [-0.3, -0.25) is 14.4 Å². The van der Waals surface area contributed by atoms with Crippen LogP contribution in [0.1, 0.15) is 265 Å². The second kappa shape index (κ2) is 42.6. The van der Waals surface area contributed by atoms with Crippen LogP contribution in [0.15, 0.2) is 0 Å². The molecule has 0 aliphatic heterocycles. The number of carbonyl (C=O) groups is 3. The summed E-state index contributed by atoms with van der Waals surface area (Å²) in [5, 5.41) is 0. The van der Waals surface area contributed by atoms with Crippen molar-refractivity contribution >= 4 is 17.9 Å². The largest absolute Gasteiger partial charge is 0.462 e. The molecule has 0 heterocycles. The van der Waals surface area contributed by atoms with E-state index >= 15 is 0 Å². The molecule has 0 radical (unpaired) electrons. The van der Waals surface area contributed by atoms with Crippen LogP contribution < -0.4 is 0 Å².